The van der Waals surface area contributed by atoms with E-state index in [1.54, 1.807) is 0 Å². The smallest absolute Gasteiger partial charge is 0.151 e. The van der Waals surface area contributed by atoms with Crippen LogP contribution < -0.4 is 0 Å². The zero-order valence-corrected chi connectivity index (χ0v) is 11.1. The van der Waals surface area contributed by atoms with E-state index in [-0.39, 0.29) is 0 Å². The summed E-state index contributed by atoms with van der Waals surface area (Å²) in [5.74, 6) is 1.08. The number of halogens is 1. The quantitative estimate of drug-likeness (QED) is 0.695. The Hall–Kier alpha value is -0.630. The molecule has 1 aliphatic carbocycles. The number of hydrogen-bond donors (Lipinski definition) is 0. The van der Waals surface area contributed by atoms with Crippen LogP contribution in [0.3, 0.4) is 0 Å². The monoisotopic (exact) mass is 268 g/mol. The van der Waals surface area contributed by atoms with E-state index in [1.807, 2.05) is 26.0 Å². The van der Waals surface area contributed by atoms with Crippen LogP contribution in [0.25, 0.3) is 0 Å². The third-order valence-electron chi connectivity index (χ3n) is 2.61. The lowest BCUT2D eigenvalue weighted by Crippen LogP contribution is -1.87. The summed E-state index contributed by atoms with van der Waals surface area (Å²) in [6.45, 7) is 6.30. The molecule has 0 unspecified atom stereocenters. The van der Waals surface area contributed by atoms with Crippen LogP contribution in [-0.4, -0.2) is 6.29 Å². The third-order valence-corrected chi connectivity index (χ3v) is 3.29. The van der Waals surface area contributed by atoms with Crippen molar-refractivity contribution in [2.24, 2.45) is 5.92 Å². The molecule has 2 heteroatoms. The van der Waals surface area contributed by atoms with E-state index >= 15 is 0 Å². The van der Waals surface area contributed by atoms with Gasteiger partial charge in [0.2, 0.25) is 0 Å². The highest BCUT2D eigenvalue weighted by Crippen LogP contribution is 2.26. The first kappa shape index (κ1) is 12.4. The molecule has 1 fully saturated rings. The molecule has 0 heterocycles. The Balaban J connectivity index is 0.000000234. The lowest BCUT2D eigenvalue weighted by Gasteiger charge is -2.02. The maximum atomic E-state index is 10.5. The summed E-state index contributed by atoms with van der Waals surface area (Å²) in [6, 6.07) is 3.84. The molecule has 0 aromatic heterocycles. The summed E-state index contributed by atoms with van der Waals surface area (Å²) in [4.78, 5) is 10.5. The molecule has 82 valence electrons. The van der Waals surface area contributed by atoms with Gasteiger partial charge in [-0.25, -0.2) is 0 Å². The van der Waals surface area contributed by atoms with Gasteiger partial charge in [-0.1, -0.05) is 35.7 Å². The fraction of sp³-hybridized carbons (Fsp3) is 0.462. The van der Waals surface area contributed by atoms with Crippen molar-refractivity contribution < 1.29 is 4.79 Å². The highest BCUT2D eigenvalue weighted by molar-refractivity contribution is 9.10. The van der Waals surface area contributed by atoms with Gasteiger partial charge in [0, 0.05) is 10.0 Å². The first-order chi connectivity index (χ1) is 7.04. The van der Waals surface area contributed by atoms with Crippen LogP contribution in [0, 0.1) is 19.8 Å². The van der Waals surface area contributed by atoms with E-state index in [0.29, 0.717) is 5.56 Å². The molecule has 1 aromatic carbocycles. The van der Waals surface area contributed by atoms with Gasteiger partial charge in [-0.15, -0.1) is 0 Å². The van der Waals surface area contributed by atoms with Gasteiger partial charge in [0.25, 0.3) is 0 Å². The van der Waals surface area contributed by atoms with Crippen molar-refractivity contribution in [3.63, 3.8) is 0 Å². The second-order valence-electron chi connectivity index (χ2n) is 4.26. The topological polar surface area (TPSA) is 17.1 Å². The molecule has 0 spiro atoms. The average Bonchev–Trinajstić information content (AvgIpc) is 2.95. The van der Waals surface area contributed by atoms with Gasteiger partial charge in [0.15, 0.2) is 6.29 Å². The second kappa shape index (κ2) is 5.45. The Kier molecular flexibility index (Phi) is 4.52. The highest BCUT2D eigenvalue weighted by Gasteiger charge is 2.12. The van der Waals surface area contributed by atoms with Crippen molar-refractivity contribution in [3.8, 4) is 0 Å². The molecule has 1 aromatic rings. The SMILES string of the molecule is CC1CC1.Cc1cc(Br)c(C=O)cc1C. The summed E-state index contributed by atoms with van der Waals surface area (Å²) < 4.78 is 0.871. The Morgan fingerprint density at radius 2 is 1.73 bits per heavy atom. The van der Waals surface area contributed by atoms with E-state index in [9.17, 15) is 4.79 Å². The van der Waals surface area contributed by atoms with Crippen molar-refractivity contribution in [1.82, 2.24) is 0 Å². The minimum atomic E-state index is 0.716. The predicted octanol–water partition coefficient (Wildman–Crippen LogP) is 4.29. The summed E-state index contributed by atoms with van der Waals surface area (Å²) >= 11 is 3.31. The molecule has 1 aliphatic rings. The van der Waals surface area contributed by atoms with Gasteiger partial charge >= 0.3 is 0 Å². The maximum Gasteiger partial charge on any atom is 0.151 e. The number of benzene rings is 1. The van der Waals surface area contributed by atoms with Crippen LogP contribution in [-0.2, 0) is 0 Å². The van der Waals surface area contributed by atoms with Gasteiger partial charge in [-0.2, -0.15) is 0 Å². The zero-order valence-electron chi connectivity index (χ0n) is 9.51. The molecule has 0 amide bonds. The number of carbonyl (C=O) groups excluding carboxylic acids is 1. The average molecular weight is 269 g/mol. The molecule has 0 saturated heterocycles. The summed E-state index contributed by atoms with van der Waals surface area (Å²) in [7, 11) is 0. The molecule has 0 radical (unpaired) electrons. The first-order valence-corrected chi connectivity index (χ1v) is 6.05. The first-order valence-electron chi connectivity index (χ1n) is 5.26. The molecule has 2 rings (SSSR count). The van der Waals surface area contributed by atoms with Crippen LogP contribution in [0.15, 0.2) is 16.6 Å². The van der Waals surface area contributed by atoms with E-state index in [1.165, 1.54) is 18.4 Å². The minimum absolute atomic E-state index is 0.716. The van der Waals surface area contributed by atoms with Crippen LogP contribution >= 0.6 is 15.9 Å². The minimum Gasteiger partial charge on any atom is -0.298 e. The molecule has 0 bridgehead atoms. The zero-order chi connectivity index (χ0) is 11.4. The fourth-order valence-electron chi connectivity index (χ4n) is 1.06. The number of carbonyl (C=O) groups is 1. The van der Waals surface area contributed by atoms with E-state index < -0.39 is 0 Å². The number of aldehydes is 1. The second-order valence-corrected chi connectivity index (χ2v) is 5.11. The summed E-state index contributed by atoms with van der Waals surface area (Å²) in [6.07, 6.45) is 3.83. The molecule has 15 heavy (non-hydrogen) atoms. The molecular weight excluding hydrogens is 252 g/mol. The van der Waals surface area contributed by atoms with Crippen molar-refractivity contribution in [2.75, 3.05) is 0 Å². The van der Waals surface area contributed by atoms with Gasteiger partial charge < -0.3 is 0 Å². The summed E-state index contributed by atoms with van der Waals surface area (Å²) in [5, 5.41) is 0. The van der Waals surface area contributed by atoms with Gasteiger partial charge in [0.1, 0.15) is 0 Å². The maximum absolute atomic E-state index is 10.5. The number of rotatable bonds is 1. The Labute approximate surface area is 100 Å². The lowest BCUT2D eigenvalue weighted by atomic mass is 10.1. The van der Waals surface area contributed by atoms with Crippen LogP contribution in [0.1, 0.15) is 41.3 Å². The Morgan fingerprint density at radius 1 is 1.27 bits per heavy atom. The molecule has 1 nitrogen and oxygen atoms in total. The predicted molar refractivity (Wildman–Crippen MR) is 67.4 cm³/mol. The Morgan fingerprint density at radius 3 is 2.13 bits per heavy atom. The van der Waals surface area contributed by atoms with Crippen LogP contribution in [0.4, 0.5) is 0 Å². The van der Waals surface area contributed by atoms with Crippen molar-refractivity contribution in [2.45, 2.75) is 33.6 Å². The van der Waals surface area contributed by atoms with E-state index in [0.717, 1.165) is 22.2 Å². The third kappa shape index (κ3) is 4.17. The van der Waals surface area contributed by atoms with E-state index in [4.69, 9.17) is 0 Å². The van der Waals surface area contributed by atoms with Crippen molar-refractivity contribution in [1.29, 1.82) is 0 Å². The fourth-order valence-corrected chi connectivity index (χ4v) is 1.61. The normalized spacial score (nSPS) is 14.1. The highest BCUT2D eigenvalue weighted by atomic mass is 79.9. The molecule has 1 saturated carbocycles. The number of aryl methyl sites for hydroxylation is 2. The van der Waals surface area contributed by atoms with Crippen molar-refractivity contribution in [3.05, 3.63) is 33.3 Å². The van der Waals surface area contributed by atoms with Crippen molar-refractivity contribution >= 4 is 22.2 Å². The lowest BCUT2D eigenvalue weighted by molar-refractivity contribution is 0.112. The molecular formula is C13H17BrO. The van der Waals surface area contributed by atoms with Gasteiger partial charge in [-0.05, 0) is 43.0 Å². The van der Waals surface area contributed by atoms with Gasteiger partial charge in [0.05, 0.1) is 0 Å². The van der Waals surface area contributed by atoms with Crippen LogP contribution in [0.5, 0.6) is 0 Å². The van der Waals surface area contributed by atoms with E-state index in [2.05, 4.69) is 22.9 Å². The standard InChI is InChI=1S/C9H9BrO.C4H8/c1-6-3-8(5-11)9(10)4-7(6)2;1-4-2-3-4/h3-5H,1-2H3;4H,2-3H2,1H3. The number of hydrogen-bond acceptors (Lipinski definition) is 1. The molecule has 0 atom stereocenters. The molecule has 0 N–H and O–H groups in total. The summed E-state index contributed by atoms with van der Waals surface area (Å²) in [5.41, 5.74) is 3.06. The van der Waals surface area contributed by atoms with Crippen LogP contribution in [0.2, 0.25) is 0 Å². The van der Waals surface area contributed by atoms with Gasteiger partial charge in [-0.3, -0.25) is 4.79 Å². The molecule has 0 aliphatic heterocycles. The largest absolute Gasteiger partial charge is 0.298 e. The Bertz CT molecular complexity index is 354.